The van der Waals surface area contributed by atoms with Gasteiger partial charge in [-0.1, -0.05) is 54.2 Å². The Morgan fingerprint density at radius 1 is 1.06 bits per heavy atom. The summed E-state index contributed by atoms with van der Waals surface area (Å²) >= 11 is 1.37. The maximum absolute atomic E-state index is 13.5. The number of hydrogen-bond acceptors (Lipinski definition) is 5. The molecule has 3 aromatic carbocycles. The first-order valence-corrected chi connectivity index (χ1v) is 11.1. The van der Waals surface area contributed by atoms with E-state index < -0.39 is 5.91 Å². The van der Waals surface area contributed by atoms with Crippen LogP contribution in [0.1, 0.15) is 11.1 Å². The summed E-state index contributed by atoms with van der Waals surface area (Å²) in [7, 11) is 0. The predicted octanol–water partition coefficient (Wildman–Crippen LogP) is 4.37. The van der Waals surface area contributed by atoms with Gasteiger partial charge in [0.05, 0.1) is 5.69 Å². The maximum atomic E-state index is 13.5. The Labute approximate surface area is 194 Å². The van der Waals surface area contributed by atoms with E-state index in [2.05, 4.69) is 4.99 Å². The van der Waals surface area contributed by atoms with Gasteiger partial charge < -0.3 is 10.5 Å². The molecule has 1 aliphatic heterocycles. The lowest BCUT2D eigenvalue weighted by Crippen LogP contribution is -2.30. The fourth-order valence-corrected chi connectivity index (χ4v) is 4.10. The maximum Gasteiger partial charge on any atom is 0.283 e. The minimum absolute atomic E-state index is 0.205. The number of halogens is 1. The first kappa shape index (κ1) is 22.3. The Kier molecular flexibility index (Phi) is 6.85. The quantitative estimate of drug-likeness (QED) is 0.530. The van der Waals surface area contributed by atoms with Gasteiger partial charge in [0.1, 0.15) is 17.3 Å². The van der Waals surface area contributed by atoms with Gasteiger partial charge >= 0.3 is 0 Å². The molecule has 0 atom stereocenters. The molecule has 0 aromatic heterocycles. The molecule has 8 heteroatoms. The highest BCUT2D eigenvalue weighted by atomic mass is 32.2. The van der Waals surface area contributed by atoms with Gasteiger partial charge in [0.2, 0.25) is 0 Å². The molecular formula is C25H20FN3O3S. The molecule has 4 rings (SSSR count). The van der Waals surface area contributed by atoms with Crippen LogP contribution >= 0.6 is 11.8 Å². The third kappa shape index (κ3) is 5.67. The highest BCUT2D eigenvalue weighted by Gasteiger charge is 2.32. The zero-order valence-corrected chi connectivity index (χ0v) is 18.3. The largest absolute Gasteiger partial charge is 0.484 e. The van der Waals surface area contributed by atoms with Crippen LogP contribution in [0.2, 0.25) is 0 Å². The highest BCUT2D eigenvalue weighted by molar-refractivity contribution is 8.13. The molecule has 0 spiro atoms. The van der Waals surface area contributed by atoms with Gasteiger partial charge in [-0.2, -0.15) is 0 Å². The molecule has 0 fully saturated rings. The number of amidine groups is 1. The molecular weight excluding hydrogens is 441 g/mol. The molecule has 2 N–H and O–H groups in total. The van der Waals surface area contributed by atoms with Crippen LogP contribution in [-0.4, -0.2) is 23.6 Å². The number of primary amides is 1. The topological polar surface area (TPSA) is 85.0 Å². The Bertz CT molecular complexity index is 1230. The van der Waals surface area contributed by atoms with Crippen molar-refractivity contribution in [2.24, 2.45) is 10.7 Å². The van der Waals surface area contributed by atoms with Crippen molar-refractivity contribution in [3.63, 3.8) is 0 Å². The number of thioether (sulfide) groups is 1. The lowest BCUT2D eigenvalue weighted by Gasteiger charge is -2.18. The molecule has 0 saturated carbocycles. The second-order valence-corrected chi connectivity index (χ2v) is 8.09. The fourth-order valence-electron chi connectivity index (χ4n) is 3.15. The van der Waals surface area contributed by atoms with E-state index in [4.69, 9.17) is 10.5 Å². The third-order valence-electron chi connectivity index (χ3n) is 4.66. The molecule has 0 saturated heterocycles. The Balaban J connectivity index is 1.58. The monoisotopic (exact) mass is 461 g/mol. The SMILES string of the molecule is NC(=O)COc1cccc(CSC2=N/C(=C/c3ccccc3)C(=O)N2c2ccc(F)cc2)c1. The molecule has 3 aromatic rings. The second-order valence-electron chi connectivity index (χ2n) is 7.14. The molecule has 1 heterocycles. The molecule has 2 amide bonds. The first-order chi connectivity index (χ1) is 16.0. The number of anilines is 1. The van der Waals surface area contributed by atoms with E-state index in [9.17, 15) is 14.0 Å². The molecule has 0 unspecified atom stereocenters. The smallest absolute Gasteiger partial charge is 0.283 e. The number of nitrogens with zero attached hydrogens (tertiary/aromatic N) is 2. The number of rotatable bonds is 7. The number of aliphatic imine (C=N–C) groups is 1. The van der Waals surface area contributed by atoms with E-state index in [0.29, 0.717) is 28.1 Å². The van der Waals surface area contributed by atoms with Crippen molar-refractivity contribution >= 4 is 40.5 Å². The van der Waals surface area contributed by atoms with E-state index in [0.717, 1.165) is 11.1 Å². The Morgan fingerprint density at radius 3 is 2.55 bits per heavy atom. The molecule has 166 valence electrons. The summed E-state index contributed by atoms with van der Waals surface area (Å²) in [4.78, 5) is 30.2. The fraction of sp³-hybridized carbons (Fsp3) is 0.0800. The van der Waals surface area contributed by atoms with E-state index in [1.165, 1.54) is 28.8 Å². The number of amides is 2. The number of hydrogen-bond donors (Lipinski definition) is 1. The summed E-state index contributed by atoms with van der Waals surface area (Å²) in [6, 6.07) is 22.4. The molecule has 33 heavy (non-hydrogen) atoms. The normalized spacial score (nSPS) is 14.5. The van der Waals surface area contributed by atoms with Crippen LogP contribution in [-0.2, 0) is 15.3 Å². The third-order valence-corrected chi connectivity index (χ3v) is 5.67. The Hall–Kier alpha value is -3.91. The zero-order chi connectivity index (χ0) is 23.2. The number of nitrogens with two attached hydrogens (primary N) is 1. The summed E-state index contributed by atoms with van der Waals surface area (Å²) in [6.07, 6.45) is 1.73. The standard InChI is InChI=1S/C25H20FN3O3S/c26-19-9-11-20(12-10-19)29-24(31)22(14-17-5-2-1-3-6-17)28-25(29)33-16-18-7-4-8-21(13-18)32-15-23(27)30/h1-14H,15-16H2,(H2,27,30)/b22-14+. The zero-order valence-electron chi connectivity index (χ0n) is 17.5. The van der Waals surface area contributed by atoms with Crippen molar-refractivity contribution < 1.29 is 18.7 Å². The van der Waals surface area contributed by atoms with Gasteiger partial charge in [-0.15, -0.1) is 0 Å². The van der Waals surface area contributed by atoms with Gasteiger partial charge in [0.25, 0.3) is 11.8 Å². The lowest BCUT2D eigenvalue weighted by molar-refractivity contribution is -0.120. The minimum atomic E-state index is -0.554. The van der Waals surface area contributed by atoms with Crippen LogP contribution in [0.5, 0.6) is 5.75 Å². The van der Waals surface area contributed by atoms with Gasteiger partial charge in [0.15, 0.2) is 11.8 Å². The molecule has 1 aliphatic rings. The number of benzene rings is 3. The van der Waals surface area contributed by atoms with Crippen molar-refractivity contribution in [2.75, 3.05) is 11.5 Å². The molecule has 0 bridgehead atoms. The van der Waals surface area contributed by atoms with E-state index in [1.807, 2.05) is 42.5 Å². The Morgan fingerprint density at radius 2 is 1.82 bits per heavy atom. The number of carbonyl (C=O) groups excluding carboxylic acids is 2. The summed E-state index contributed by atoms with van der Waals surface area (Å²) in [5.41, 5.74) is 7.73. The highest BCUT2D eigenvalue weighted by Crippen LogP contribution is 2.31. The summed E-state index contributed by atoms with van der Waals surface area (Å²) in [6.45, 7) is -0.205. The van der Waals surface area contributed by atoms with Crippen molar-refractivity contribution in [2.45, 2.75) is 5.75 Å². The number of carbonyl (C=O) groups is 2. The van der Waals surface area contributed by atoms with Crippen LogP contribution in [0.15, 0.2) is 89.6 Å². The van der Waals surface area contributed by atoms with Crippen LogP contribution < -0.4 is 15.4 Å². The van der Waals surface area contributed by atoms with E-state index in [1.54, 1.807) is 30.3 Å². The second kappa shape index (κ2) is 10.1. The summed E-state index contributed by atoms with van der Waals surface area (Å²) in [5.74, 6) is -0.204. The lowest BCUT2D eigenvalue weighted by atomic mass is 10.2. The number of ether oxygens (including phenoxy) is 1. The average molecular weight is 462 g/mol. The van der Waals surface area contributed by atoms with Crippen LogP contribution in [0.25, 0.3) is 6.08 Å². The van der Waals surface area contributed by atoms with Crippen molar-refractivity contribution in [3.8, 4) is 5.75 Å². The van der Waals surface area contributed by atoms with Gasteiger partial charge in [-0.05, 0) is 53.6 Å². The molecule has 6 nitrogen and oxygen atoms in total. The van der Waals surface area contributed by atoms with Gasteiger partial charge in [0, 0.05) is 5.75 Å². The van der Waals surface area contributed by atoms with E-state index in [-0.39, 0.29) is 18.3 Å². The average Bonchev–Trinajstić information content (AvgIpc) is 3.13. The van der Waals surface area contributed by atoms with Gasteiger partial charge in [-0.3, -0.25) is 14.5 Å². The van der Waals surface area contributed by atoms with Crippen LogP contribution in [0, 0.1) is 5.82 Å². The van der Waals surface area contributed by atoms with Crippen LogP contribution in [0.3, 0.4) is 0 Å². The predicted molar refractivity (Wildman–Crippen MR) is 128 cm³/mol. The first-order valence-electron chi connectivity index (χ1n) is 10.1. The summed E-state index contributed by atoms with van der Waals surface area (Å²) in [5, 5.41) is 0.484. The van der Waals surface area contributed by atoms with Crippen molar-refractivity contribution in [3.05, 3.63) is 102 Å². The minimum Gasteiger partial charge on any atom is -0.484 e. The molecule has 0 aliphatic carbocycles. The van der Waals surface area contributed by atoms with Crippen molar-refractivity contribution in [1.29, 1.82) is 0 Å². The van der Waals surface area contributed by atoms with Crippen LogP contribution in [0.4, 0.5) is 10.1 Å². The molecule has 0 radical (unpaired) electrons. The van der Waals surface area contributed by atoms with E-state index >= 15 is 0 Å². The summed E-state index contributed by atoms with van der Waals surface area (Å²) < 4.78 is 18.8. The van der Waals surface area contributed by atoms with Crippen molar-refractivity contribution in [1.82, 2.24) is 0 Å². The van der Waals surface area contributed by atoms with Gasteiger partial charge in [-0.25, -0.2) is 9.38 Å².